The third-order valence-corrected chi connectivity index (χ3v) is 2.98. The molecule has 0 saturated carbocycles. The highest BCUT2D eigenvalue weighted by atomic mass is 79.9. The van der Waals surface area contributed by atoms with Crippen LogP contribution in [0.2, 0.25) is 0 Å². The largest absolute Gasteiger partial charge is 0.350 e. The van der Waals surface area contributed by atoms with Crippen molar-refractivity contribution in [2.75, 3.05) is 5.32 Å². The van der Waals surface area contributed by atoms with Crippen LogP contribution in [0.15, 0.2) is 52.2 Å². The minimum Gasteiger partial charge on any atom is -0.350 e. The molecule has 98 valence electrons. The fourth-order valence-corrected chi connectivity index (χ4v) is 1.72. The number of hydrogen-bond acceptors (Lipinski definition) is 2. The average molecular weight is 321 g/mol. The lowest BCUT2D eigenvalue weighted by atomic mass is 10.3. The van der Waals surface area contributed by atoms with Gasteiger partial charge in [0.1, 0.15) is 0 Å². The summed E-state index contributed by atoms with van der Waals surface area (Å²) in [6, 6.07) is 10.7. The van der Waals surface area contributed by atoms with Crippen molar-refractivity contribution in [1.29, 1.82) is 0 Å². The van der Waals surface area contributed by atoms with Gasteiger partial charge < -0.3 is 9.88 Å². The van der Waals surface area contributed by atoms with Gasteiger partial charge in [0.2, 0.25) is 0 Å². The Kier molecular flexibility index (Phi) is 4.35. The smallest absolute Gasteiger partial charge is 0.339 e. The lowest BCUT2D eigenvalue weighted by Crippen LogP contribution is -2.24. The number of amides is 2. The maximum absolute atomic E-state index is 11.6. The Labute approximate surface area is 119 Å². The Morgan fingerprint density at radius 3 is 2.68 bits per heavy atom. The predicted octanol–water partition coefficient (Wildman–Crippen LogP) is 2.94. The number of hydrazone groups is 1. The molecule has 6 heteroatoms. The summed E-state index contributed by atoms with van der Waals surface area (Å²) in [5.41, 5.74) is 4.02. The van der Waals surface area contributed by atoms with E-state index in [9.17, 15) is 4.79 Å². The first-order chi connectivity index (χ1) is 9.15. The SMILES string of the molecule is Cn1cccc1/C=N/NC(=O)Nc1ccc(Br)cc1. The van der Waals surface area contributed by atoms with Gasteiger partial charge in [-0.3, -0.25) is 0 Å². The molecule has 5 nitrogen and oxygen atoms in total. The van der Waals surface area contributed by atoms with E-state index in [1.807, 2.05) is 42.1 Å². The summed E-state index contributed by atoms with van der Waals surface area (Å²) in [5.74, 6) is 0. The topological polar surface area (TPSA) is 58.4 Å². The summed E-state index contributed by atoms with van der Waals surface area (Å²) in [6.07, 6.45) is 3.49. The van der Waals surface area contributed by atoms with Crippen LogP contribution in [0.4, 0.5) is 10.5 Å². The molecule has 2 rings (SSSR count). The summed E-state index contributed by atoms with van der Waals surface area (Å²) in [7, 11) is 1.91. The average Bonchev–Trinajstić information content (AvgIpc) is 2.78. The zero-order valence-corrected chi connectivity index (χ0v) is 11.9. The Balaban J connectivity index is 1.86. The number of aromatic nitrogens is 1. The molecule has 19 heavy (non-hydrogen) atoms. The number of nitrogens with zero attached hydrogens (tertiary/aromatic N) is 2. The van der Waals surface area contributed by atoms with Crippen LogP contribution in [0.1, 0.15) is 5.69 Å². The number of benzene rings is 1. The van der Waals surface area contributed by atoms with E-state index in [1.165, 1.54) is 0 Å². The number of carbonyl (C=O) groups is 1. The van der Waals surface area contributed by atoms with E-state index in [0.717, 1.165) is 10.2 Å². The van der Waals surface area contributed by atoms with Gasteiger partial charge in [-0.05, 0) is 36.4 Å². The summed E-state index contributed by atoms with van der Waals surface area (Å²) >= 11 is 3.33. The van der Waals surface area contributed by atoms with Crippen LogP contribution in [-0.2, 0) is 7.05 Å². The third kappa shape index (κ3) is 3.96. The van der Waals surface area contributed by atoms with Crippen LogP contribution in [0, 0.1) is 0 Å². The number of anilines is 1. The van der Waals surface area contributed by atoms with Crippen LogP contribution in [0.3, 0.4) is 0 Å². The van der Waals surface area contributed by atoms with E-state index >= 15 is 0 Å². The van der Waals surface area contributed by atoms with Crippen LogP contribution in [0.25, 0.3) is 0 Å². The molecule has 2 N–H and O–H groups in total. The van der Waals surface area contributed by atoms with Gasteiger partial charge in [-0.15, -0.1) is 0 Å². The summed E-state index contributed by atoms with van der Waals surface area (Å²) < 4.78 is 2.86. The van der Waals surface area contributed by atoms with Crippen molar-refractivity contribution in [3.8, 4) is 0 Å². The molecule has 2 amide bonds. The first-order valence-electron chi connectivity index (χ1n) is 5.62. The summed E-state index contributed by atoms with van der Waals surface area (Å²) in [4.78, 5) is 11.6. The number of urea groups is 1. The van der Waals surface area contributed by atoms with Gasteiger partial charge in [-0.25, -0.2) is 10.2 Å². The second-order valence-corrected chi connectivity index (χ2v) is 4.79. The third-order valence-electron chi connectivity index (χ3n) is 2.45. The molecule has 1 aromatic heterocycles. The number of hydrogen-bond donors (Lipinski definition) is 2. The molecule has 1 aromatic carbocycles. The van der Waals surface area contributed by atoms with Gasteiger partial charge in [0.25, 0.3) is 0 Å². The van der Waals surface area contributed by atoms with Crippen molar-refractivity contribution in [3.63, 3.8) is 0 Å². The van der Waals surface area contributed by atoms with Gasteiger partial charge in [0, 0.05) is 23.4 Å². The molecule has 0 aliphatic rings. The standard InChI is InChI=1S/C13H13BrN4O/c1-18-8-2-3-12(18)9-15-17-13(19)16-11-6-4-10(14)5-7-11/h2-9H,1H3,(H2,16,17,19)/b15-9+. The molecule has 0 aliphatic heterocycles. The lowest BCUT2D eigenvalue weighted by molar-refractivity contribution is 0.252. The van der Waals surface area contributed by atoms with Crippen molar-refractivity contribution in [2.45, 2.75) is 0 Å². The zero-order valence-electron chi connectivity index (χ0n) is 10.3. The first kappa shape index (κ1) is 13.4. The van der Waals surface area contributed by atoms with E-state index in [1.54, 1.807) is 18.3 Å². The van der Waals surface area contributed by atoms with Crippen molar-refractivity contribution in [2.24, 2.45) is 12.1 Å². The Morgan fingerprint density at radius 1 is 1.32 bits per heavy atom. The van der Waals surface area contributed by atoms with Crippen LogP contribution in [0.5, 0.6) is 0 Å². The van der Waals surface area contributed by atoms with E-state index in [2.05, 4.69) is 31.8 Å². The Bertz CT molecular complexity index is 589. The molecule has 0 spiro atoms. The highest BCUT2D eigenvalue weighted by Crippen LogP contribution is 2.13. The summed E-state index contributed by atoms with van der Waals surface area (Å²) in [5, 5.41) is 6.54. The Morgan fingerprint density at radius 2 is 2.05 bits per heavy atom. The molecule has 0 aliphatic carbocycles. The van der Waals surface area contributed by atoms with Crippen molar-refractivity contribution in [3.05, 3.63) is 52.8 Å². The normalized spacial score (nSPS) is 10.6. The van der Waals surface area contributed by atoms with Gasteiger partial charge in [-0.2, -0.15) is 5.10 Å². The summed E-state index contributed by atoms with van der Waals surface area (Å²) in [6.45, 7) is 0. The number of rotatable bonds is 3. The van der Waals surface area contributed by atoms with E-state index in [-0.39, 0.29) is 6.03 Å². The maximum atomic E-state index is 11.6. The van der Waals surface area contributed by atoms with Crippen LogP contribution in [-0.4, -0.2) is 16.8 Å². The minimum absolute atomic E-state index is 0.382. The molecular formula is C13H13BrN4O. The Hall–Kier alpha value is -2.08. The fourth-order valence-electron chi connectivity index (χ4n) is 1.46. The van der Waals surface area contributed by atoms with Gasteiger partial charge in [0.15, 0.2) is 0 Å². The van der Waals surface area contributed by atoms with Crippen molar-refractivity contribution >= 4 is 33.9 Å². The zero-order chi connectivity index (χ0) is 13.7. The molecule has 0 bridgehead atoms. The minimum atomic E-state index is -0.382. The maximum Gasteiger partial charge on any atom is 0.339 e. The molecule has 0 radical (unpaired) electrons. The van der Waals surface area contributed by atoms with Crippen molar-refractivity contribution in [1.82, 2.24) is 9.99 Å². The van der Waals surface area contributed by atoms with Gasteiger partial charge >= 0.3 is 6.03 Å². The number of aryl methyl sites for hydroxylation is 1. The molecule has 0 unspecified atom stereocenters. The van der Waals surface area contributed by atoms with Crippen LogP contribution < -0.4 is 10.7 Å². The fraction of sp³-hybridized carbons (Fsp3) is 0.0769. The molecule has 0 atom stereocenters. The van der Waals surface area contributed by atoms with E-state index in [0.29, 0.717) is 5.69 Å². The second kappa shape index (κ2) is 6.19. The van der Waals surface area contributed by atoms with Gasteiger partial charge in [-0.1, -0.05) is 15.9 Å². The van der Waals surface area contributed by atoms with E-state index < -0.39 is 0 Å². The molecule has 0 saturated heterocycles. The first-order valence-corrected chi connectivity index (χ1v) is 6.41. The molecule has 0 fully saturated rings. The number of nitrogens with one attached hydrogen (secondary N) is 2. The monoisotopic (exact) mass is 320 g/mol. The quantitative estimate of drug-likeness (QED) is 0.663. The second-order valence-electron chi connectivity index (χ2n) is 3.87. The molecule has 1 heterocycles. The number of carbonyl (C=O) groups excluding carboxylic acids is 1. The lowest BCUT2D eigenvalue weighted by Gasteiger charge is -2.03. The predicted molar refractivity (Wildman–Crippen MR) is 79.3 cm³/mol. The van der Waals surface area contributed by atoms with E-state index in [4.69, 9.17) is 0 Å². The highest BCUT2D eigenvalue weighted by molar-refractivity contribution is 9.10. The molecular weight excluding hydrogens is 308 g/mol. The number of halogens is 1. The van der Waals surface area contributed by atoms with Gasteiger partial charge in [0.05, 0.1) is 11.9 Å². The van der Waals surface area contributed by atoms with Crippen molar-refractivity contribution < 1.29 is 4.79 Å². The molecule has 2 aromatic rings. The highest BCUT2D eigenvalue weighted by Gasteiger charge is 1.99. The van der Waals surface area contributed by atoms with Crippen LogP contribution >= 0.6 is 15.9 Å².